The second-order valence-corrected chi connectivity index (χ2v) is 4.55. The van der Waals surface area contributed by atoms with Gasteiger partial charge in [0.2, 0.25) is 0 Å². The van der Waals surface area contributed by atoms with Crippen LogP contribution in [-0.2, 0) is 6.42 Å². The first-order chi connectivity index (χ1) is 8.06. The first kappa shape index (κ1) is 19.6. The SMILES string of the molecule is [Na+].[Na+].[O-]c1ccc(Cl)cc1Cc1cc(Cl)ccc1[O-]. The Morgan fingerprint density at radius 2 is 1.11 bits per heavy atom. The summed E-state index contributed by atoms with van der Waals surface area (Å²) in [6.45, 7) is 0. The third-order valence-corrected chi connectivity index (χ3v) is 2.90. The molecule has 0 aliphatic carbocycles. The largest absolute Gasteiger partial charge is 1.00 e. The fraction of sp³-hybridized carbons (Fsp3) is 0.0769. The first-order valence-corrected chi connectivity index (χ1v) is 5.73. The zero-order chi connectivity index (χ0) is 12.4. The fourth-order valence-corrected chi connectivity index (χ4v) is 1.97. The molecule has 0 atom stereocenters. The molecule has 0 spiro atoms. The van der Waals surface area contributed by atoms with Crippen LogP contribution in [0.15, 0.2) is 36.4 Å². The third kappa shape index (κ3) is 5.49. The summed E-state index contributed by atoms with van der Waals surface area (Å²) >= 11 is 11.6. The number of rotatable bonds is 2. The summed E-state index contributed by atoms with van der Waals surface area (Å²) < 4.78 is 0. The molecule has 0 aromatic heterocycles. The van der Waals surface area contributed by atoms with E-state index in [0.717, 1.165) is 0 Å². The van der Waals surface area contributed by atoms with Gasteiger partial charge >= 0.3 is 59.1 Å². The molecule has 0 saturated carbocycles. The number of benzene rings is 2. The van der Waals surface area contributed by atoms with E-state index < -0.39 is 0 Å². The average molecular weight is 313 g/mol. The molecule has 0 radical (unpaired) electrons. The van der Waals surface area contributed by atoms with Gasteiger partial charge in [-0.15, -0.1) is 11.5 Å². The minimum absolute atomic E-state index is 0. The molecule has 2 aromatic rings. The second-order valence-electron chi connectivity index (χ2n) is 3.68. The van der Waals surface area contributed by atoms with Crippen molar-refractivity contribution >= 4 is 23.2 Å². The Morgan fingerprint density at radius 3 is 1.47 bits per heavy atom. The van der Waals surface area contributed by atoms with Crippen molar-refractivity contribution in [1.29, 1.82) is 0 Å². The minimum Gasteiger partial charge on any atom is -0.872 e. The van der Waals surface area contributed by atoms with Crippen LogP contribution in [0.1, 0.15) is 11.1 Å². The minimum atomic E-state index is -0.131. The van der Waals surface area contributed by atoms with Crippen molar-refractivity contribution in [3.8, 4) is 11.5 Å². The molecule has 19 heavy (non-hydrogen) atoms. The summed E-state index contributed by atoms with van der Waals surface area (Å²) in [5.41, 5.74) is 0.994. The van der Waals surface area contributed by atoms with E-state index >= 15 is 0 Å². The molecule has 0 amide bonds. The van der Waals surface area contributed by atoms with Gasteiger partial charge in [-0.25, -0.2) is 0 Å². The number of hydrogen-bond acceptors (Lipinski definition) is 2. The van der Waals surface area contributed by atoms with E-state index in [9.17, 15) is 10.2 Å². The van der Waals surface area contributed by atoms with Gasteiger partial charge in [0.05, 0.1) is 0 Å². The van der Waals surface area contributed by atoms with Gasteiger partial charge < -0.3 is 10.2 Å². The number of hydrogen-bond donors (Lipinski definition) is 0. The van der Waals surface area contributed by atoms with Crippen LogP contribution < -0.4 is 69.3 Å². The summed E-state index contributed by atoms with van der Waals surface area (Å²) in [6.07, 6.45) is 0.249. The van der Waals surface area contributed by atoms with Gasteiger partial charge in [-0.05, 0) is 30.7 Å². The molecule has 6 heteroatoms. The normalized spacial score (nSPS) is 9.37. The van der Waals surface area contributed by atoms with Crippen LogP contribution in [0.3, 0.4) is 0 Å². The van der Waals surface area contributed by atoms with E-state index in [0.29, 0.717) is 21.2 Å². The van der Waals surface area contributed by atoms with Crippen molar-refractivity contribution in [3.05, 3.63) is 57.6 Å². The zero-order valence-corrected chi connectivity index (χ0v) is 16.3. The fourth-order valence-electron chi connectivity index (χ4n) is 1.58. The van der Waals surface area contributed by atoms with Crippen LogP contribution in [-0.4, -0.2) is 0 Å². The van der Waals surface area contributed by atoms with Crippen molar-refractivity contribution < 1.29 is 69.3 Å². The van der Waals surface area contributed by atoms with Crippen LogP contribution in [0, 0.1) is 0 Å². The maximum Gasteiger partial charge on any atom is 1.00 e. The van der Waals surface area contributed by atoms with Gasteiger partial charge in [0, 0.05) is 10.0 Å². The van der Waals surface area contributed by atoms with Crippen molar-refractivity contribution in [2.24, 2.45) is 0 Å². The van der Waals surface area contributed by atoms with Gasteiger partial charge in [-0.2, -0.15) is 0 Å². The van der Waals surface area contributed by atoms with E-state index in [-0.39, 0.29) is 77.0 Å². The van der Waals surface area contributed by atoms with Crippen molar-refractivity contribution in [1.82, 2.24) is 0 Å². The summed E-state index contributed by atoms with van der Waals surface area (Å²) in [4.78, 5) is 0. The van der Waals surface area contributed by atoms with Crippen molar-refractivity contribution in [2.45, 2.75) is 6.42 Å². The summed E-state index contributed by atoms with van der Waals surface area (Å²) in [5.74, 6) is -0.262. The molecular weight excluding hydrogens is 305 g/mol. The molecular formula is C13H8Cl2Na2O2. The molecule has 2 rings (SSSR count). The molecule has 0 aliphatic heterocycles. The van der Waals surface area contributed by atoms with Crippen LogP contribution >= 0.6 is 23.2 Å². The van der Waals surface area contributed by atoms with E-state index in [2.05, 4.69) is 0 Å². The molecule has 0 heterocycles. The average Bonchev–Trinajstić information content (AvgIpc) is 2.28. The van der Waals surface area contributed by atoms with Crippen LogP contribution in [0.25, 0.3) is 0 Å². The maximum atomic E-state index is 11.6. The third-order valence-electron chi connectivity index (χ3n) is 2.43. The van der Waals surface area contributed by atoms with E-state index in [4.69, 9.17) is 23.2 Å². The summed E-state index contributed by atoms with van der Waals surface area (Å²) in [7, 11) is 0. The Morgan fingerprint density at radius 1 is 0.737 bits per heavy atom. The predicted octanol–water partition coefficient (Wildman–Crippen LogP) is -3.26. The molecule has 0 saturated heterocycles. The maximum absolute atomic E-state index is 11.6. The van der Waals surface area contributed by atoms with Crippen molar-refractivity contribution in [3.63, 3.8) is 0 Å². The Kier molecular flexibility index (Phi) is 9.09. The molecule has 88 valence electrons. The quantitative estimate of drug-likeness (QED) is 0.547. The zero-order valence-electron chi connectivity index (χ0n) is 10.7. The molecule has 0 unspecified atom stereocenters. The van der Waals surface area contributed by atoms with Gasteiger partial charge in [0.25, 0.3) is 0 Å². The van der Waals surface area contributed by atoms with Gasteiger partial charge in [0.1, 0.15) is 0 Å². The Bertz CT molecular complexity index is 513. The van der Waals surface area contributed by atoms with Crippen molar-refractivity contribution in [2.75, 3.05) is 0 Å². The van der Waals surface area contributed by atoms with E-state index in [1.165, 1.54) is 24.3 Å². The van der Waals surface area contributed by atoms with Crippen LogP contribution in [0.2, 0.25) is 10.0 Å². The molecule has 0 aliphatic rings. The number of halogens is 2. The monoisotopic (exact) mass is 312 g/mol. The molecule has 0 fully saturated rings. The summed E-state index contributed by atoms with van der Waals surface area (Å²) in [6, 6.07) is 9.00. The molecule has 2 aromatic carbocycles. The molecule has 0 N–H and O–H groups in total. The van der Waals surface area contributed by atoms with Gasteiger partial charge in [0.15, 0.2) is 0 Å². The Labute approximate surface area is 166 Å². The summed E-state index contributed by atoms with van der Waals surface area (Å²) in [5, 5.41) is 24.1. The molecule has 2 nitrogen and oxygen atoms in total. The van der Waals surface area contributed by atoms with E-state index in [1.807, 2.05) is 0 Å². The molecule has 0 bridgehead atoms. The van der Waals surface area contributed by atoms with E-state index in [1.54, 1.807) is 12.1 Å². The Balaban J connectivity index is 0.00000162. The second kappa shape index (κ2) is 8.81. The topological polar surface area (TPSA) is 46.1 Å². The van der Waals surface area contributed by atoms with Gasteiger partial charge in [-0.3, -0.25) is 0 Å². The predicted molar refractivity (Wildman–Crippen MR) is 64.6 cm³/mol. The standard InChI is InChI=1S/C13H10Cl2O2.2Na/c14-10-1-3-12(16)8(6-10)5-9-7-11(15)2-4-13(9)17;;/h1-4,6-7,16-17H,5H2;;/q;2*+1/p-2. The Hall–Kier alpha value is 0.620. The van der Waals surface area contributed by atoms with Crippen LogP contribution in [0.4, 0.5) is 0 Å². The first-order valence-electron chi connectivity index (χ1n) is 4.97. The van der Waals surface area contributed by atoms with Crippen LogP contribution in [0.5, 0.6) is 11.5 Å². The van der Waals surface area contributed by atoms with Gasteiger partial charge in [-0.1, -0.05) is 46.5 Å². The smallest absolute Gasteiger partial charge is 0.872 e.